The molecular formula is C14H17BrO4. The average Bonchev–Trinajstić information content (AvgIpc) is 2.36. The van der Waals surface area contributed by atoms with Gasteiger partial charge in [0.05, 0.1) is 4.47 Å². The second kappa shape index (κ2) is 5.82. The molecule has 1 N–H and O–H groups in total. The number of carbonyl (C=O) groups is 1. The minimum Gasteiger partial charge on any atom is -0.486 e. The van der Waals surface area contributed by atoms with Crippen molar-refractivity contribution in [2.45, 2.75) is 32.6 Å². The molecule has 0 spiro atoms. The van der Waals surface area contributed by atoms with Crippen LogP contribution in [0.4, 0.5) is 0 Å². The third-order valence-corrected chi connectivity index (χ3v) is 3.87. The number of aliphatic carboxylic acids is 1. The van der Waals surface area contributed by atoms with Crippen molar-refractivity contribution in [2.75, 3.05) is 13.2 Å². The molecule has 4 nitrogen and oxygen atoms in total. The van der Waals surface area contributed by atoms with Crippen LogP contribution in [0.3, 0.4) is 0 Å². The lowest BCUT2D eigenvalue weighted by molar-refractivity contribution is -0.136. The summed E-state index contributed by atoms with van der Waals surface area (Å²) in [5.41, 5.74) is 2.11. The molecule has 0 aromatic heterocycles. The zero-order valence-corrected chi connectivity index (χ0v) is 12.6. The summed E-state index contributed by atoms with van der Waals surface area (Å²) in [5, 5.41) is 8.84. The molecule has 1 aromatic carbocycles. The fourth-order valence-corrected chi connectivity index (χ4v) is 3.31. The highest BCUT2D eigenvalue weighted by atomic mass is 79.9. The molecule has 0 radical (unpaired) electrons. The van der Waals surface area contributed by atoms with Crippen LogP contribution in [0.5, 0.6) is 11.5 Å². The third-order valence-electron chi connectivity index (χ3n) is 3.08. The topological polar surface area (TPSA) is 55.8 Å². The van der Waals surface area contributed by atoms with E-state index in [0.717, 1.165) is 21.3 Å². The van der Waals surface area contributed by atoms with Crippen LogP contribution in [-0.2, 0) is 11.2 Å². The Morgan fingerprint density at radius 1 is 1.42 bits per heavy atom. The molecule has 19 heavy (non-hydrogen) atoms. The number of halogens is 1. The molecule has 1 aliphatic heterocycles. The van der Waals surface area contributed by atoms with E-state index >= 15 is 0 Å². The Morgan fingerprint density at radius 3 is 2.74 bits per heavy atom. The van der Waals surface area contributed by atoms with Gasteiger partial charge in [0.15, 0.2) is 11.5 Å². The molecule has 0 saturated carbocycles. The number of carboxylic acids is 1. The van der Waals surface area contributed by atoms with E-state index in [0.29, 0.717) is 25.4 Å². The lowest BCUT2D eigenvalue weighted by Gasteiger charge is -2.24. The highest BCUT2D eigenvalue weighted by Crippen LogP contribution is 2.44. The highest BCUT2D eigenvalue weighted by Gasteiger charge is 2.23. The Bertz CT molecular complexity index is 497. The number of fused-ring (bicyclic) bond motifs is 1. The monoisotopic (exact) mass is 328 g/mol. The Kier molecular flexibility index (Phi) is 4.34. The molecule has 0 aliphatic carbocycles. The number of ether oxygens (including phenoxy) is 2. The molecule has 2 rings (SSSR count). The first-order valence-corrected chi connectivity index (χ1v) is 7.12. The van der Waals surface area contributed by atoms with Crippen LogP contribution in [0.2, 0.25) is 0 Å². The van der Waals surface area contributed by atoms with Gasteiger partial charge in [-0.2, -0.15) is 0 Å². The Labute approximate surface area is 120 Å². The van der Waals surface area contributed by atoms with Crippen LogP contribution in [0, 0.1) is 0 Å². The van der Waals surface area contributed by atoms with E-state index in [2.05, 4.69) is 29.8 Å². The van der Waals surface area contributed by atoms with Crippen molar-refractivity contribution < 1.29 is 19.4 Å². The van der Waals surface area contributed by atoms with Crippen LogP contribution >= 0.6 is 15.9 Å². The van der Waals surface area contributed by atoms with Crippen molar-refractivity contribution in [3.8, 4) is 11.5 Å². The number of benzene rings is 1. The van der Waals surface area contributed by atoms with Crippen molar-refractivity contribution in [3.63, 3.8) is 0 Å². The van der Waals surface area contributed by atoms with Crippen LogP contribution in [-0.4, -0.2) is 24.3 Å². The molecule has 1 aliphatic rings. The second-order valence-corrected chi connectivity index (χ2v) is 5.63. The molecule has 0 amide bonds. The number of hydrogen-bond acceptors (Lipinski definition) is 3. The molecule has 0 fully saturated rings. The zero-order chi connectivity index (χ0) is 14.0. The van der Waals surface area contributed by atoms with Crippen LogP contribution < -0.4 is 9.47 Å². The minimum absolute atomic E-state index is 0.117. The average molecular weight is 329 g/mol. The fourth-order valence-electron chi connectivity index (χ4n) is 2.28. The van der Waals surface area contributed by atoms with E-state index in [-0.39, 0.29) is 12.3 Å². The van der Waals surface area contributed by atoms with Crippen molar-refractivity contribution >= 4 is 21.9 Å². The molecule has 1 heterocycles. The number of hydrogen-bond donors (Lipinski definition) is 1. The molecule has 0 unspecified atom stereocenters. The lowest BCUT2D eigenvalue weighted by Crippen LogP contribution is -2.17. The molecule has 104 valence electrons. The normalized spacial score (nSPS) is 13.7. The first kappa shape index (κ1) is 14.2. The van der Waals surface area contributed by atoms with Crippen molar-refractivity contribution in [2.24, 2.45) is 0 Å². The summed E-state index contributed by atoms with van der Waals surface area (Å²) in [6.45, 7) is 5.23. The third kappa shape index (κ3) is 3.03. The predicted molar refractivity (Wildman–Crippen MR) is 75.2 cm³/mol. The number of carboxylic acid groups (broad SMARTS) is 1. The maximum atomic E-state index is 10.8. The van der Waals surface area contributed by atoms with Gasteiger partial charge in [-0.25, -0.2) is 0 Å². The molecule has 1 aromatic rings. The maximum absolute atomic E-state index is 10.8. The van der Waals surface area contributed by atoms with Gasteiger partial charge in [0.2, 0.25) is 0 Å². The van der Waals surface area contributed by atoms with Crippen molar-refractivity contribution in [1.82, 2.24) is 0 Å². The lowest BCUT2D eigenvalue weighted by atomic mass is 9.93. The molecular weight excluding hydrogens is 312 g/mol. The summed E-state index contributed by atoms with van der Waals surface area (Å²) >= 11 is 3.57. The first-order chi connectivity index (χ1) is 9.00. The molecule has 5 heteroatoms. The van der Waals surface area contributed by atoms with Gasteiger partial charge in [-0.1, -0.05) is 13.8 Å². The van der Waals surface area contributed by atoms with E-state index in [1.165, 1.54) is 0 Å². The maximum Gasteiger partial charge on any atom is 0.303 e. The summed E-state index contributed by atoms with van der Waals surface area (Å²) in [6.07, 6.45) is 0.615. The van der Waals surface area contributed by atoms with Crippen molar-refractivity contribution in [1.29, 1.82) is 0 Å². The van der Waals surface area contributed by atoms with Gasteiger partial charge in [0, 0.05) is 6.42 Å². The molecule has 0 saturated heterocycles. The largest absolute Gasteiger partial charge is 0.486 e. The van der Waals surface area contributed by atoms with Crippen molar-refractivity contribution in [3.05, 3.63) is 21.7 Å². The first-order valence-electron chi connectivity index (χ1n) is 6.33. The van der Waals surface area contributed by atoms with Crippen LogP contribution in [0.25, 0.3) is 0 Å². The van der Waals surface area contributed by atoms with Crippen LogP contribution in [0.1, 0.15) is 37.3 Å². The molecule has 0 atom stereocenters. The second-order valence-electron chi connectivity index (χ2n) is 4.84. The van der Waals surface area contributed by atoms with Gasteiger partial charge in [-0.05, 0) is 45.5 Å². The standard InChI is InChI=1S/C14H17BrO4/c1-8(2)12-9(3-4-11(16)17)7-10-14(13(12)15)19-6-5-18-10/h7-8H,3-6H2,1-2H3,(H,16,17). The summed E-state index contributed by atoms with van der Waals surface area (Å²) in [6, 6.07) is 1.91. The fraction of sp³-hybridized carbons (Fsp3) is 0.500. The Morgan fingerprint density at radius 2 is 2.11 bits per heavy atom. The van der Waals surface area contributed by atoms with E-state index in [1.807, 2.05) is 6.07 Å². The van der Waals surface area contributed by atoms with Gasteiger partial charge in [0.1, 0.15) is 13.2 Å². The minimum atomic E-state index is -0.791. The highest BCUT2D eigenvalue weighted by molar-refractivity contribution is 9.10. The smallest absolute Gasteiger partial charge is 0.303 e. The Hall–Kier alpha value is -1.23. The summed E-state index contributed by atoms with van der Waals surface area (Å²) in [4.78, 5) is 10.8. The van der Waals surface area contributed by atoms with Gasteiger partial charge in [-0.3, -0.25) is 4.79 Å². The Balaban J connectivity index is 2.45. The zero-order valence-electron chi connectivity index (χ0n) is 11.0. The van der Waals surface area contributed by atoms with Gasteiger partial charge in [-0.15, -0.1) is 0 Å². The van der Waals surface area contributed by atoms with Gasteiger partial charge < -0.3 is 14.6 Å². The number of aryl methyl sites for hydroxylation is 1. The van der Waals surface area contributed by atoms with E-state index in [4.69, 9.17) is 14.6 Å². The summed E-state index contributed by atoms with van der Waals surface area (Å²) < 4.78 is 12.1. The number of rotatable bonds is 4. The van der Waals surface area contributed by atoms with Crippen LogP contribution in [0.15, 0.2) is 10.5 Å². The van der Waals surface area contributed by atoms with Gasteiger partial charge in [0.25, 0.3) is 0 Å². The summed E-state index contributed by atoms with van der Waals surface area (Å²) in [5.74, 6) is 0.923. The quantitative estimate of drug-likeness (QED) is 0.920. The van der Waals surface area contributed by atoms with Gasteiger partial charge >= 0.3 is 5.97 Å². The van der Waals surface area contributed by atoms with E-state index in [1.54, 1.807) is 0 Å². The SMILES string of the molecule is CC(C)c1c(CCC(=O)O)cc2c(c1Br)OCCO2. The predicted octanol–water partition coefficient (Wildman–Crippen LogP) is 3.36. The summed E-state index contributed by atoms with van der Waals surface area (Å²) in [7, 11) is 0. The van der Waals surface area contributed by atoms with E-state index in [9.17, 15) is 4.79 Å². The van der Waals surface area contributed by atoms with E-state index < -0.39 is 5.97 Å². The molecule has 0 bridgehead atoms.